The highest BCUT2D eigenvalue weighted by atomic mass is 32.2. The van der Waals surface area contributed by atoms with Crippen LogP contribution < -0.4 is 5.73 Å². The van der Waals surface area contributed by atoms with Crippen molar-refractivity contribution in [3.8, 4) is 0 Å². The van der Waals surface area contributed by atoms with Gasteiger partial charge in [0.2, 0.25) is 0 Å². The third-order valence-corrected chi connectivity index (χ3v) is 2.22. The summed E-state index contributed by atoms with van der Waals surface area (Å²) in [6.45, 7) is 0.826. The smallest absolute Gasteiger partial charge is 0.0913 e. The SMILES string of the molecule is COCCCSCCC(=N)N. The van der Waals surface area contributed by atoms with Gasteiger partial charge in [0.05, 0.1) is 5.84 Å². The molecule has 3 N–H and O–H groups in total. The van der Waals surface area contributed by atoms with E-state index >= 15 is 0 Å². The number of ether oxygens (including phenoxy) is 1. The molecule has 0 aliphatic rings. The maximum absolute atomic E-state index is 6.95. The summed E-state index contributed by atoms with van der Waals surface area (Å²) in [6.07, 6.45) is 1.79. The van der Waals surface area contributed by atoms with Crippen molar-refractivity contribution in [3.63, 3.8) is 0 Å². The Kier molecular flexibility index (Phi) is 7.72. The summed E-state index contributed by atoms with van der Waals surface area (Å²) < 4.78 is 4.89. The lowest BCUT2D eigenvalue weighted by Crippen LogP contribution is -2.10. The third-order valence-electron chi connectivity index (χ3n) is 1.15. The average molecular weight is 176 g/mol. The molecule has 3 nitrogen and oxygen atoms in total. The normalized spacial score (nSPS) is 9.91. The molecule has 0 fully saturated rings. The molecule has 66 valence electrons. The van der Waals surface area contributed by atoms with Gasteiger partial charge in [-0.15, -0.1) is 0 Å². The second kappa shape index (κ2) is 7.88. The predicted molar refractivity (Wildman–Crippen MR) is 50.3 cm³/mol. The number of nitrogens with one attached hydrogen (secondary N) is 1. The fraction of sp³-hybridized carbons (Fsp3) is 0.857. The van der Waals surface area contributed by atoms with E-state index in [1.165, 1.54) is 0 Å². The van der Waals surface area contributed by atoms with Crippen molar-refractivity contribution in [2.75, 3.05) is 25.2 Å². The molecule has 0 bridgehead atoms. The van der Waals surface area contributed by atoms with Gasteiger partial charge in [0.25, 0.3) is 0 Å². The van der Waals surface area contributed by atoms with Crippen LogP contribution in [0.1, 0.15) is 12.8 Å². The molecule has 0 amide bonds. The van der Waals surface area contributed by atoms with Crippen LogP contribution in [-0.4, -0.2) is 31.1 Å². The Morgan fingerprint density at radius 2 is 2.27 bits per heavy atom. The molecule has 0 radical (unpaired) electrons. The van der Waals surface area contributed by atoms with Gasteiger partial charge >= 0.3 is 0 Å². The lowest BCUT2D eigenvalue weighted by atomic mass is 10.5. The van der Waals surface area contributed by atoms with E-state index in [0.29, 0.717) is 6.42 Å². The van der Waals surface area contributed by atoms with Crippen LogP contribution in [0.15, 0.2) is 0 Å². The number of nitrogens with two attached hydrogens (primary N) is 1. The monoisotopic (exact) mass is 176 g/mol. The van der Waals surface area contributed by atoms with Crippen LogP contribution in [-0.2, 0) is 4.74 Å². The van der Waals surface area contributed by atoms with Crippen molar-refractivity contribution in [2.45, 2.75) is 12.8 Å². The van der Waals surface area contributed by atoms with Crippen molar-refractivity contribution < 1.29 is 4.74 Å². The van der Waals surface area contributed by atoms with Gasteiger partial charge in [-0.25, -0.2) is 0 Å². The maximum Gasteiger partial charge on any atom is 0.0913 e. The van der Waals surface area contributed by atoms with Gasteiger partial charge < -0.3 is 10.5 Å². The van der Waals surface area contributed by atoms with E-state index < -0.39 is 0 Å². The molecule has 0 saturated heterocycles. The minimum absolute atomic E-state index is 0.282. The largest absolute Gasteiger partial charge is 0.388 e. The molecule has 0 aromatic carbocycles. The summed E-state index contributed by atoms with van der Waals surface area (Å²) in [5.74, 6) is 2.34. The second-order valence-corrected chi connectivity index (χ2v) is 3.46. The van der Waals surface area contributed by atoms with E-state index in [1.807, 2.05) is 11.8 Å². The first-order valence-electron chi connectivity index (χ1n) is 3.67. The van der Waals surface area contributed by atoms with E-state index in [0.717, 1.165) is 24.5 Å². The molecule has 0 heterocycles. The van der Waals surface area contributed by atoms with E-state index in [2.05, 4.69) is 0 Å². The van der Waals surface area contributed by atoms with Crippen LogP contribution in [0.5, 0.6) is 0 Å². The van der Waals surface area contributed by atoms with Crippen LogP contribution in [0, 0.1) is 5.41 Å². The molecule has 0 aliphatic heterocycles. The molecule has 0 aromatic heterocycles. The van der Waals surface area contributed by atoms with Crippen LogP contribution in [0.2, 0.25) is 0 Å². The first kappa shape index (κ1) is 10.8. The Morgan fingerprint density at radius 1 is 1.55 bits per heavy atom. The Balaban J connectivity index is 2.85. The lowest BCUT2D eigenvalue weighted by Gasteiger charge is -1.99. The number of amidine groups is 1. The van der Waals surface area contributed by atoms with Gasteiger partial charge in [0.1, 0.15) is 0 Å². The summed E-state index contributed by atoms with van der Waals surface area (Å²) in [5.41, 5.74) is 5.18. The Morgan fingerprint density at radius 3 is 2.82 bits per heavy atom. The van der Waals surface area contributed by atoms with Gasteiger partial charge in [0.15, 0.2) is 0 Å². The summed E-state index contributed by atoms with van der Waals surface area (Å²) in [4.78, 5) is 0. The highest BCUT2D eigenvalue weighted by Crippen LogP contribution is 2.03. The van der Waals surface area contributed by atoms with Crippen molar-refractivity contribution in [1.29, 1.82) is 5.41 Å². The van der Waals surface area contributed by atoms with Crippen LogP contribution in [0.3, 0.4) is 0 Å². The van der Waals surface area contributed by atoms with Crippen molar-refractivity contribution in [2.24, 2.45) is 5.73 Å². The Labute approximate surface area is 72.2 Å². The van der Waals surface area contributed by atoms with E-state index in [9.17, 15) is 0 Å². The molecule has 0 spiro atoms. The zero-order chi connectivity index (χ0) is 8.53. The third kappa shape index (κ3) is 9.78. The fourth-order valence-electron chi connectivity index (χ4n) is 0.590. The zero-order valence-electron chi connectivity index (χ0n) is 6.93. The summed E-state index contributed by atoms with van der Waals surface area (Å²) in [5, 5.41) is 6.95. The quantitative estimate of drug-likeness (QED) is 0.347. The van der Waals surface area contributed by atoms with Gasteiger partial charge in [-0.05, 0) is 12.2 Å². The molecule has 11 heavy (non-hydrogen) atoms. The van der Waals surface area contributed by atoms with Gasteiger partial charge in [-0.3, -0.25) is 5.41 Å². The van der Waals surface area contributed by atoms with Crippen molar-refractivity contribution in [1.82, 2.24) is 0 Å². The highest BCUT2D eigenvalue weighted by Gasteiger charge is 1.91. The molecule has 0 unspecified atom stereocenters. The molecule has 0 atom stereocenters. The minimum Gasteiger partial charge on any atom is -0.388 e. The van der Waals surface area contributed by atoms with Crippen LogP contribution >= 0.6 is 11.8 Å². The number of hydrogen-bond donors (Lipinski definition) is 2. The number of rotatable bonds is 7. The van der Waals surface area contributed by atoms with Crippen molar-refractivity contribution in [3.05, 3.63) is 0 Å². The summed E-state index contributed by atoms with van der Waals surface area (Å²) in [6, 6.07) is 0. The average Bonchev–Trinajstić information content (AvgIpc) is 1.96. The Hall–Kier alpha value is -0.220. The standard InChI is InChI=1S/C7H16N2OS/c1-10-4-2-5-11-6-3-7(8)9/h2-6H2,1H3,(H3,8,9). The van der Waals surface area contributed by atoms with Gasteiger partial charge in [-0.2, -0.15) is 11.8 Å². The van der Waals surface area contributed by atoms with E-state index in [-0.39, 0.29) is 5.84 Å². The first-order chi connectivity index (χ1) is 5.27. The van der Waals surface area contributed by atoms with Crippen LogP contribution in [0.4, 0.5) is 0 Å². The van der Waals surface area contributed by atoms with Crippen molar-refractivity contribution >= 4 is 17.6 Å². The highest BCUT2D eigenvalue weighted by molar-refractivity contribution is 7.99. The first-order valence-corrected chi connectivity index (χ1v) is 4.82. The number of hydrogen-bond acceptors (Lipinski definition) is 3. The molecular formula is C7H16N2OS. The lowest BCUT2D eigenvalue weighted by molar-refractivity contribution is 0.200. The number of methoxy groups -OCH3 is 1. The predicted octanol–water partition coefficient (Wildman–Crippen LogP) is 1.08. The summed E-state index contributed by atoms with van der Waals surface area (Å²) >= 11 is 1.82. The summed E-state index contributed by atoms with van der Waals surface area (Å²) in [7, 11) is 1.71. The second-order valence-electron chi connectivity index (χ2n) is 2.23. The zero-order valence-corrected chi connectivity index (χ0v) is 7.75. The van der Waals surface area contributed by atoms with Crippen LogP contribution in [0.25, 0.3) is 0 Å². The van der Waals surface area contributed by atoms with E-state index in [4.69, 9.17) is 15.9 Å². The fourth-order valence-corrected chi connectivity index (χ4v) is 1.48. The minimum atomic E-state index is 0.282. The molecule has 0 rings (SSSR count). The topological polar surface area (TPSA) is 59.1 Å². The Bertz CT molecular complexity index is 109. The molecule has 0 saturated carbocycles. The van der Waals surface area contributed by atoms with E-state index in [1.54, 1.807) is 7.11 Å². The molecule has 0 aromatic rings. The molecular weight excluding hydrogens is 160 g/mol. The maximum atomic E-state index is 6.95. The van der Waals surface area contributed by atoms with Gasteiger partial charge in [0, 0.05) is 25.9 Å². The molecule has 0 aliphatic carbocycles. The van der Waals surface area contributed by atoms with Gasteiger partial charge in [-0.1, -0.05) is 0 Å². The number of thioether (sulfide) groups is 1. The molecule has 4 heteroatoms.